The molecule has 0 spiro atoms. The van der Waals surface area contributed by atoms with E-state index in [9.17, 15) is 5.11 Å². The fourth-order valence-corrected chi connectivity index (χ4v) is 5.18. The number of rotatable bonds is 2. The van der Waals surface area contributed by atoms with Crippen LogP contribution < -0.4 is 0 Å². The van der Waals surface area contributed by atoms with Crippen LogP contribution in [0.5, 0.6) is 0 Å². The molecule has 1 aromatic heterocycles. The number of aliphatic hydroxyl groups is 1. The molecule has 1 aliphatic heterocycles. The topological polar surface area (TPSA) is 29.5 Å². The largest absolute Gasteiger partial charge is 0.396 e. The first-order valence-corrected chi connectivity index (χ1v) is 8.35. The van der Waals surface area contributed by atoms with E-state index in [-0.39, 0.29) is 18.1 Å². The van der Waals surface area contributed by atoms with Gasteiger partial charge in [-0.2, -0.15) is 0 Å². The highest BCUT2D eigenvalue weighted by Gasteiger charge is 2.53. The number of allylic oxidation sites excluding steroid dienone is 1. The first kappa shape index (κ1) is 14.6. The van der Waals surface area contributed by atoms with Crippen molar-refractivity contribution in [2.45, 2.75) is 26.9 Å². The highest BCUT2D eigenvalue weighted by Crippen LogP contribution is 2.56. The van der Waals surface area contributed by atoms with E-state index in [0.717, 1.165) is 4.34 Å². The van der Waals surface area contributed by atoms with Gasteiger partial charge in [-0.25, -0.2) is 0 Å². The minimum absolute atomic E-state index is 0.0749. The number of hydrogen-bond acceptors (Lipinski definition) is 3. The molecule has 110 valence electrons. The van der Waals surface area contributed by atoms with Gasteiger partial charge in [-0.05, 0) is 30.9 Å². The molecule has 1 fully saturated rings. The Morgan fingerprint density at radius 3 is 2.80 bits per heavy atom. The van der Waals surface area contributed by atoms with Crippen molar-refractivity contribution in [2.24, 2.45) is 23.2 Å². The Hall–Kier alpha value is -0.350. The van der Waals surface area contributed by atoms with Crippen LogP contribution in [0.1, 0.15) is 31.8 Å². The molecule has 0 radical (unpaired) electrons. The SMILES string of the molecule is CC1=CC(C)C2(CO)COC(c3ccc(Cl)s3)C1C2C. The molecule has 5 unspecified atom stereocenters. The van der Waals surface area contributed by atoms with E-state index >= 15 is 0 Å². The lowest BCUT2D eigenvalue weighted by Gasteiger charge is -2.54. The Morgan fingerprint density at radius 2 is 2.20 bits per heavy atom. The highest BCUT2D eigenvalue weighted by molar-refractivity contribution is 7.16. The molecule has 0 aromatic carbocycles. The lowest BCUT2D eigenvalue weighted by Crippen LogP contribution is -2.53. The van der Waals surface area contributed by atoms with Gasteiger partial charge >= 0.3 is 0 Å². The van der Waals surface area contributed by atoms with E-state index in [4.69, 9.17) is 16.3 Å². The van der Waals surface area contributed by atoms with Gasteiger partial charge in [0.25, 0.3) is 0 Å². The van der Waals surface area contributed by atoms with Crippen molar-refractivity contribution in [2.75, 3.05) is 13.2 Å². The molecule has 2 aliphatic rings. The summed E-state index contributed by atoms with van der Waals surface area (Å²) in [5.41, 5.74) is 1.24. The van der Waals surface area contributed by atoms with Gasteiger partial charge in [-0.1, -0.05) is 37.1 Å². The van der Waals surface area contributed by atoms with Crippen molar-refractivity contribution >= 4 is 22.9 Å². The van der Waals surface area contributed by atoms with E-state index in [2.05, 4.69) is 32.9 Å². The second kappa shape index (κ2) is 5.13. The summed E-state index contributed by atoms with van der Waals surface area (Å²) in [6.45, 7) is 7.45. The predicted molar refractivity (Wildman–Crippen MR) is 83.1 cm³/mol. The first-order chi connectivity index (χ1) is 9.49. The zero-order valence-corrected chi connectivity index (χ0v) is 13.7. The smallest absolute Gasteiger partial charge is 0.0985 e. The monoisotopic (exact) mass is 312 g/mol. The van der Waals surface area contributed by atoms with E-state index in [0.29, 0.717) is 24.4 Å². The molecule has 20 heavy (non-hydrogen) atoms. The zero-order chi connectivity index (χ0) is 14.5. The molecule has 4 heteroatoms. The number of ether oxygens (including phenoxy) is 1. The molecule has 2 nitrogen and oxygen atoms in total. The summed E-state index contributed by atoms with van der Waals surface area (Å²) < 4.78 is 7.01. The van der Waals surface area contributed by atoms with Crippen LogP contribution in [-0.4, -0.2) is 18.3 Å². The van der Waals surface area contributed by atoms with Crippen LogP contribution in [0.3, 0.4) is 0 Å². The maximum Gasteiger partial charge on any atom is 0.0985 e. The molecule has 1 N–H and O–H groups in total. The molecule has 1 saturated heterocycles. The van der Waals surface area contributed by atoms with Crippen molar-refractivity contribution in [3.63, 3.8) is 0 Å². The standard InChI is InChI=1S/C16H21ClO2S/c1-9-6-10(2)16(7-18)8-19-15(14(9)11(16)3)12-4-5-13(17)20-12/h4-6,10-11,14-15,18H,7-8H2,1-3H3. The molecule has 1 aromatic rings. The van der Waals surface area contributed by atoms with Crippen LogP contribution in [0, 0.1) is 23.2 Å². The molecule has 0 saturated carbocycles. The lowest BCUT2D eigenvalue weighted by molar-refractivity contribution is -0.164. The summed E-state index contributed by atoms with van der Waals surface area (Å²) in [5.74, 6) is 1.10. The van der Waals surface area contributed by atoms with Gasteiger partial charge in [-0.15, -0.1) is 11.3 Å². The highest BCUT2D eigenvalue weighted by atomic mass is 35.5. The number of fused-ring (bicyclic) bond motifs is 2. The van der Waals surface area contributed by atoms with Crippen molar-refractivity contribution in [1.29, 1.82) is 0 Å². The second-order valence-corrected chi connectivity index (χ2v) is 8.03. The predicted octanol–water partition coefficient (Wildman–Crippen LogP) is 4.30. The second-order valence-electron chi connectivity index (χ2n) is 6.28. The summed E-state index contributed by atoms with van der Waals surface area (Å²) in [5, 5.41) is 9.95. The van der Waals surface area contributed by atoms with E-state index in [1.807, 2.05) is 6.07 Å². The quantitative estimate of drug-likeness (QED) is 0.825. The van der Waals surface area contributed by atoms with Gasteiger partial charge in [0.1, 0.15) is 0 Å². The Morgan fingerprint density at radius 1 is 1.45 bits per heavy atom. The number of aliphatic hydroxyl groups excluding tert-OH is 1. The molecule has 3 rings (SSSR count). The van der Waals surface area contributed by atoms with E-state index < -0.39 is 0 Å². The van der Waals surface area contributed by atoms with Crippen molar-refractivity contribution in [3.8, 4) is 0 Å². The third-order valence-electron chi connectivity index (χ3n) is 5.42. The van der Waals surface area contributed by atoms with E-state index in [1.165, 1.54) is 10.5 Å². The maximum absolute atomic E-state index is 9.95. The summed E-state index contributed by atoms with van der Waals surface area (Å²) in [6, 6.07) is 4.01. The van der Waals surface area contributed by atoms with Gasteiger partial charge in [-0.3, -0.25) is 0 Å². The van der Waals surface area contributed by atoms with E-state index in [1.54, 1.807) is 11.3 Å². The summed E-state index contributed by atoms with van der Waals surface area (Å²) >= 11 is 7.67. The minimum atomic E-state index is -0.137. The summed E-state index contributed by atoms with van der Waals surface area (Å²) in [4.78, 5) is 1.20. The average Bonchev–Trinajstić information content (AvgIpc) is 2.83. The van der Waals surface area contributed by atoms with Crippen LogP contribution in [0.25, 0.3) is 0 Å². The van der Waals surface area contributed by atoms with Gasteiger partial charge in [0.15, 0.2) is 0 Å². The average molecular weight is 313 g/mol. The van der Waals surface area contributed by atoms with Gasteiger partial charge < -0.3 is 9.84 Å². The third kappa shape index (κ3) is 1.98. The van der Waals surface area contributed by atoms with Crippen LogP contribution >= 0.6 is 22.9 Å². The first-order valence-electron chi connectivity index (χ1n) is 7.15. The Bertz CT molecular complexity index is 538. The Labute approximate surface area is 129 Å². The van der Waals surface area contributed by atoms with Crippen molar-refractivity contribution in [1.82, 2.24) is 0 Å². The summed E-state index contributed by atoms with van der Waals surface area (Å²) in [6.07, 6.45) is 2.40. The Kier molecular flexibility index (Phi) is 3.74. The van der Waals surface area contributed by atoms with Crippen LogP contribution in [0.15, 0.2) is 23.8 Å². The normalized spacial score (nSPS) is 40.5. The van der Waals surface area contributed by atoms with Gasteiger partial charge in [0.05, 0.1) is 23.7 Å². The van der Waals surface area contributed by atoms with Crippen molar-refractivity contribution < 1.29 is 9.84 Å². The third-order valence-corrected chi connectivity index (χ3v) is 6.71. The molecular formula is C16H21ClO2S. The van der Waals surface area contributed by atoms with Crippen molar-refractivity contribution in [3.05, 3.63) is 33.0 Å². The fraction of sp³-hybridized carbons (Fsp3) is 0.625. The maximum atomic E-state index is 9.95. The molecular weight excluding hydrogens is 292 g/mol. The number of thiophene rings is 1. The minimum Gasteiger partial charge on any atom is -0.396 e. The molecule has 0 amide bonds. The number of halogens is 1. The fourth-order valence-electron chi connectivity index (χ4n) is 4.02. The molecule has 5 atom stereocenters. The molecule has 1 aliphatic carbocycles. The van der Waals surface area contributed by atoms with Gasteiger partial charge in [0.2, 0.25) is 0 Å². The van der Waals surface area contributed by atoms with Gasteiger partial charge in [0, 0.05) is 16.2 Å². The van der Waals surface area contributed by atoms with Crippen LogP contribution in [0.4, 0.5) is 0 Å². The molecule has 2 bridgehead atoms. The summed E-state index contributed by atoms with van der Waals surface area (Å²) in [7, 11) is 0. The molecule has 2 heterocycles. The number of hydrogen-bond donors (Lipinski definition) is 1. The Balaban J connectivity index is 2.02. The van der Waals surface area contributed by atoms with Crippen LogP contribution in [0.2, 0.25) is 4.34 Å². The van der Waals surface area contributed by atoms with Crippen LogP contribution in [-0.2, 0) is 4.74 Å². The zero-order valence-electron chi connectivity index (χ0n) is 12.1. The lowest BCUT2D eigenvalue weighted by atomic mass is 9.56.